The predicted octanol–water partition coefficient (Wildman–Crippen LogP) is 4.14. The van der Waals surface area contributed by atoms with Gasteiger partial charge in [0.05, 0.1) is 0 Å². The second-order valence-electron chi connectivity index (χ2n) is 3.54. The first kappa shape index (κ1) is 14.6. The van der Waals surface area contributed by atoms with Crippen LogP contribution in [0.25, 0.3) is 0 Å². The molecule has 5 heteroatoms. The molecule has 2 nitrogen and oxygen atoms in total. The summed E-state index contributed by atoms with van der Waals surface area (Å²) in [5.41, 5.74) is 0.553. The number of alkyl halides is 1. The van der Waals surface area contributed by atoms with E-state index in [1.807, 2.05) is 13.8 Å². The van der Waals surface area contributed by atoms with Crippen molar-refractivity contribution in [2.75, 3.05) is 13.1 Å². The van der Waals surface area contributed by atoms with E-state index >= 15 is 0 Å². The molecule has 1 unspecified atom stereocenters. The average Bonchev–Trinajstić information content (AvgIpc) is 2.32. The molecule has 94 valence electrons. The van der Waals surface area contributed by atoms with E-state index < -0.39 is 5.38 Å². The molecule has 1 aromatic carbocycles. The third-order valence-corrected chi connectivity index (χ3v) is 3.52. The van der Waals surface area contributed by atoms with Gasteiger partial charge in [0, 0.05) is 23.1 Å². The summed E-state index contributed by atoms with van der Waals surface area (Å²) in [7, 11) is 0. The Kier molecular flexibility index (Phi) is 5.57. The zero-order valence-electron chi connectivity index (χ0n) is 9.71. The first-order chi connectivity index (χ1) is 8.01. The summed E-state index contributed by atoms with van der Waals surface area (Å²) in [6, 6.07) is 4.94. The lowest BCUT2D eigenvalue weighted by Gasteiger charge is -2.22. The van der Waals surface area contributed by atoms with Crippen molar-refractivity contribution in [3.63, 3.8) is 0 Å². The van der Waals surface area contributed by atoms with Crippen LogP contribution in [0.4, 0.5) is 0 Å². The predicted molar refractivity (Wildman–Crippen MR) is 73.0 cm³/mol. The van der Waals surface area contributed by atoms with E-state index in [1.165, 1.54) is 0 Å². The maximum absolute atomic E-state index is 12.1. The number of carbonyl (C=O) groups excluding carboxylic acids is 1. The zero-order chi connectivity index (χ0) is 13.0. The van der Waals surface area contributed by atoms with Gasteiger partial charge in [-0.15, -0.1) is 11.6 Å². The minimum absolute atomic E-state index is 0.152. The van der Waals surface area contributed by atoms with Crippen LogP contribution in [0.3, 0.4) is 0 Å². The van der Waals surface area contributed by atoms with Crippen molar-refractivity contribution in [3.05, 3.63) is 33.8 Å². The van der Waals surface area contributed by atoms with Crippen LogP contribution < -0.4 is 0 Å². The largest absolute Gasteiger partial charge is 0.342 e. The van der Waals surface area contributed by atoms with Crippen LogP contribution in [0.2, 0.25) is 10.0 Å². The highest BCUT2D eigenvalue weighted by molar-refractivity contribution is 6.37. The van der Waals surface area contributed by atoms with Gasteiger partial charge in [0.1, 0.15) is 5.38 Å². The summed E-state index contributed by atoms with van der Waals surface area (Å²) in [6.45, 7) is 5.06. The molecule has 0 aliphatic heterocycles. The Morgan fingerprint density at radius 2 is 1.88 bits per heavy atom. The van der Waals surface area contributed by atoms with E-state index in [2.05, 4.69) is 0 Å². The fraction of sp³-hybridized carbons (Fsp3) is 0.417. The Labute approximate surface area is 116 Å². The van der Waals surface area contributed by atoms with Gasteiger partial charge >= 0.3 is 0 Å². The molecule has 0 saturated heterocycles. The van der Waals surface area contributed by atoms with Gasteiger partial charge in [0.15, 0.2) is 0 Å². The Morgan fingerprint density at radius 1 is 1.29 bits per heavy atom. The van der Waals surface area contributed by atoms with Gasteiger partial charge < -0.3 is 4.90 Å². The number of amides is 1. The molecule has 0 bridgehead atoms. The van der Waals surface area contributed by atoms with Gasteiger partial charge in [-0.05, 0) is 37.6 Å². The summed E-state index contributed by atoms with van der Waals surface area (Å²) in [4.78, 5) is 13.7. The molecule has 0 N–H and O–H groups in total. The van der Waals surface area contributed by atoms with Crippen molar-refractivity contribution in [1.82, 2.24) is 4.90 Å². The van der Waals surface area contributed by atoms with Gasteiger partial charge in [-0.2, -0.15) is 0 Å². The number of hydrogen-bond donors (Lipinski definition) is 0. The molecule has 1 aromatic rings. The highest BCUT2D eigenvalue weighted by Crippen LogP contribution is 2.31. The molecular weight excluding hydrogens is 280 g/mol. The monoisotopic (exact) mass is 293 g/mol. The van der Waals surface area contributed by atoms with E-state index in [0.29, 0.717) is 28.7 Å². The Morgan fingerprint density at radius 3 is 2.41 bits per heavy atom. The molecule has 0 saturated carbocycles. The molecule has 0 aliphatic rings. The molecule has 1 rings (SSSR count). The quantitative estimate of drug-likeness (QED) is 0.764. The molecule has 0 spiro atoms. The van der Waals surface area contributed by atoms with Crippen molar-refractivity contribution in [2.45, 2.75) is 19.2 Å². The molecule has 0 radical (unpaired) electrons. The topological polar surface area (TPSA) is 20.3 Å². The van der Waals surface area contributed by atoms with Crippen LogP contribution in [0.5, 0.6) is 0 Å². The summed E-state index contributed by atoms with van der Waals surface area (Å²) in [5.74, 6) is -0.152. The van der Waals surface area contributed by atoms with Crippen LogP contribution in [0, 0.1) is 0 Å². The second-order valence-corrected chi connectivity index (χ2v) is 4.82. The molecule has 0 aromatic heterocycles. The van der Waals surface area contributed by atoms with Gasteiger partial charge in [-0.1, -0.05) is 23.2 Å². The number of carbonyl (C=O) groups is 1. The maximum atomic E-state index is 12.1. The van der Waals surface area contributed by atoms with Crippen molar-refractivity contribution >= 4 is 40.7 Å². The van der Waals surface area contributed by atoms with Crippen LogP contribution in [0.1, 0.15) is 24.8 Å². The van der Waals surface area contributed by atoms with Gasteiger partial charge in [-0.3, -0.25) is 4.79 Å². The van der Waals surface area contributed by atoms with Crippen molar-refractivity contribution < 1.29 is 4.79 Å². The third kappa shape index (κ3) is 3.51. The Hall–Kier alpha value is -0.440. The summed E-state index contributed by atoms with van der Waals surface area (Å²) in [6.07, 6.45) is 0. The van der Waals surface area contributed by atoms with E-state index in [1.54, 1.807) is 23.1 Å². The van der Waals surface area contributed by atoms with E-state index in [-0.39, 0.29) is 5.91 Å². The normalized spacial score (nSPS) is 12.3. The smallest absolute Gasteiger partial charge is 0.245 e. The summed E-state index contributed by atoms with van der Waals surface area (Å²) < 4.78 is 0. The summed E-state index contributed by atoms with van der Waals surface area (Å²) >= 11 is 18.0. The highest BCUT2D eigenvalue weighted by Gasteiger charge is 2.24. The van der Waals surface area contributed by atoms with Crippen molar-refractivity contribution in [2.24, 2.45) is 0 Å². The average molecular weight is 295 g/mol. The summed E-state index contributed by atoms with van der Waals surface area (Å²) in [5, 5.41) is 0.179. The molecule has 17 heavy (non-hydrogen) atoms. The molecule has 0 heterocycles. The third-order valence-electron chi connectivity index (χ3n) is 2.52. The zero-order valence-corrected chi connectivity index (χ0v) is 12.0. The molecule has 1 amide bonds. The number of rotatable bonds is 4. The number of likely N-dealkylation sites (N-methyl/N-ethyl adjacent to an activating group) is 1. The fourth-order valence-corrected chi connectivity index (χ4v) is 2.32. The number of hydrogen-bond acceptors (Lipinski definition) is 1. The van der Waals surface area contributed by atoms with Gasteiger partial charge in [0.25, 0.3) is 0 Å². The number of halogens is 3. The first-order valence-electron chi connectivity index (χ1n) is 5.39. The molecule has 0 fully saturated rings. The van der Waals surface area contributed by atoms with Crippen LogP contribution in [-0.2, 0) is 4.79 Å². The van der Waals surface area contributed by atoms with E-state index in [9.17, 15) is 4.79 Å². The van der Waals surface area contributed by atoms with Crippen LogP contribution >= 0.6 is 34.8 Å². The van der Waals surface area contributed by atoms with Crippen molar-refractivity contribution in [3.8, 4) is 0 Å². The first-order valence-corrected chi connectivity index (χ1v) is 6.58. The lowest BCUT2D eigenvalue weighted by atomic mass is 10.1. The van der Waals surface area contributed by atoms with Crippen LogP contribution in [0.15, 0.2) is 18.2 Å². The SMILES string of the molecule is CCN(CC)C(=O)C(Cl)c1cc(Cl)ccc1Cl. The van der Waals surface area contributed by atoms with Crippen LogP contribution in [-0.4, -0.2) is 23.9 Å². The maximum Gasteiger partial charge on any atom is 0.245 e. The highest BCUT2D eigenvalue weighted by atomic mass is 35.5. The lowest BCUT2D eigenvalue weighted by Crippen LogP contribution is -2.33. The number of nitrogens with zero attached hydrogens (tertiary/aromatic N) is 1. The minimum Gasteiger partial charge on any atom is -0.342 e. The van der Waals surface area contributed by atoms with Gasteiger partial charge in [0.2, 0.25) is 5.91 Å². The standard InChI is InChI=1S/C12H14Cl3NO/c1-3-16(4-2)12(17)11(15)9-7-8(13)5-6-10(9)14/h5-7,11H,3-4H2,1-2H3. The second kappa shape index (κ2) is 6.48. The van der Waals surface area contributed by atoms with Gasteiger partial charge in [-0.25, -0.2) is 0 Å². The molecular formula is C12H14Cl3NO. The Bertz CT molecular complexity index is 405. The van der Waals surface area contributed by atoms with E-state index in [4.69, 9.17) is 34.8 Å². The van der Waals surface area contributed by atoms with E-state index in [0.717, 1.165) is 0 Å². The number of benzene rings is 1. The fourth-order valence-electron chi connectivity index (χ4n) is 1.54. The Balaban J connectivity index is 2.99. The minimum atomic E-state index is -0.791. The molecule has 1 atom stereocenters. The molecule has 0 aliphatic carbocycles. The lowest BCUT2D eigenvalue weighted by molar-refractivity contribution is -0.130. The van der Waals surface area contributed by atoms with Crippen molar-refractivity contribution in [1.29, 1.82) is 0 Å².